The standard InChI is InChI=1S/C7H6O4.3C6H5.Sb/c8-5-3-1-2-4(6(5)9)7(10)11;3*1-2-4-6-5-3-1;/h1-3,8-9H,(H,10,11);3*1-5H;/q;;;;+1/p-1. The molecule has 2 N–H and O–H groups in total. The molecule has 4 aromatic carbocycles. The van der Waals surface area contributed by atoms with Gasteiger partial charge in [-0.3, -0.25) is 0 Å². The van der Waals surface area contributed by atoms with Crippen LogP contribution in [-0.2, 0) is 0 Å². The molecule has 4 aromatic rings. The molecule has 0 aliphatic rings. The number of hydrogen-bond acceptors (Lipinski definition) is 4. The average molecular weight is 506 g/mol. The number of carboxylic acid groups (broad SMARTS) is 1. The Hall–Kier alpha value is -3.23. The fourth-order valence-corrected chi connectivity index (χ4v) is 9.45. The Morgan fingerprint density at radius 2 is 1.00 bits per heavy atom. The number of aromatic carboxylic acids is 1. The number of carboxylic acids is 1. The minimum atomic E-state index is -1.83. The molecule has 0 saturated heterocycles. The molecule has 1 radical (unpaired) electrons. The molecule has 0 fully saturated rings. The first-order valence-electron chi connectivity index (χ1n) is 9.25. The van der Waals surface area contributed by atoms with Crippen molar-refractivity contribution < 1.29 is 20.1 Å². The Morgan fingerprint density at radius 3 is 1.33 bits per heavy atom. The van der Waals surface area contributed by atoms with E-state index >= 15 is 0 Å². The summed E-state index contributed by atoms with van der Waals surface area (Å²) in [5.41, 5.74) is -0.412. The van der Waals surface area contributed by atoms with Gasteiger partial charge in [-0.15, -0.1) is 0 Å². The third-order valence-electron chi connectivity index (χ3n) is 4.28. The number of rotatable bonds is 4. The van der Waals surface area contributed by atoms with Crippen LogP contribution in [0.2, 0.25) is 0 Å². The van der Waals surface area contributed by atoms with Crippen molar-refractivity contribution in [3.05, 3.63) is 115 Å². The van der Waals surface area contributed by atoms with Gasteiger partial charge in [-0.2, -0.15) is 0 Å². The first-order chi connectivity index (χ1) is 14.6. The summed E-state index contributed by atoms with van der Waals surface area (Å²) in [6, 6.07) is 36.5. The van der Waals surface area contributed by atoms with Gasteiger partial charge in [0.15, 0.2) is 11.5 Å². The summed E-state index contributed by atoms with van der Waals surface area (Å²) in [5.74, 6) is -2.64. The topological polar surface area (TPSA) is 80.6 Å². The van der Waals surface area contributed by atoms with Crippen molar-refractivity contribution in [3.63, 3.8) is 0 Å². The Labute approximate surface area is 182 Å². The van der Waals surface area contributed by atoms with Crippen LogP contribution in [0.1, 0.15) is 10.4 Å². The van der Waals surface area contributed by atoms with Gasteiger partial charge >= 0.3 is 122 Å². The van der Waals surface area contributed by atoms with Crippen LogP contribution in [0.15, 0.2) is 109 Å². The van der Waals surface area contributed by atoms with Gasteiger partial charge in [-0.05, 0) is 12.1 Å². The number of para-hydroxylation sites is 1. The molecule has 0 amide bonds. The minimum absolute atomic E-state index is 0.412. The van der Waals surface area contributed by atoms with E-state index in [2.05, 4.69) is 91.0 Å². The van der Waals surface area contributed by atoms with Crippen molar-refractivity contribution in [3.8, 4) is 11.5 Å². The molecule has 149 valence electrons. The second-order valence-electron chi connectivity index (χ2n) is 6.30. The summed E-state index contributed by atoms with van der Waals surface area (Å²) in [5, 5.41) is 27.9. The predicted octanol–water partition coefficient (Wildman–Crippen LogP) is 1.66. The summed E-state index contributed by atoms with van der Waals surface area (Å²) in [7, 11) is 0. The van der Waals surface area contributed by atoms with Gasteiger partial charge in [0.25, 0.3) is 0 Å². The molecule has 0 aliphatic carbocycles. The molecular formula is C25H20O4Sb. The van der Waals surface area contributed by atoms with Crippen LogP contribution in [0, 0.1) is 0 Å². The fraction of sp³-hybridized carbons (Fsp3) is 0. The summed E-state index contributed by atoms with van der Waals surface area (Å²) in [6.07, 6.45) is 0. The van der Waals surface area contributed by atoms with Crippen molar-refractivity contribution in [1.82, 2.24) is 0 Å². The first kappa shape index (κ1) is 21.5. The summed E-state index contributed by atoms with van der Waals surface area (Å²) >= 11 is -1.83. The van der Waals surface area contributed by atoms with Crippen LogP contribution < -0.4 is 15.6 Å². The van der Waals surface area contributed by atoms with Gasteiger partial charge < -0.3 is 20.1 Å². The van der Waals surface area contributed by atoms with E-state index in [0.29, 0.717) is 0 Å². The number of phenolic OH excluding ortho intramolecular Hbond substituents is 1. The predicted molar refractivity (Wildman–Crippen MR) is 118 cm³/mol. The molecule has 0 aliphatic heterocycles. The summed E-state index contributed by atoms with van der Waals surface area (Å²) in [6.45, 7) is 0. The number of phenols is 2. The van der Waals surface area contributed by atoms with Gasteiger partial charge in [0, 0.05) is 5.56 Å². The third-order valence-corrected chi connectivity index (χ3v) is 11.3. The van der Waals surface area contributed by atoms with Crippen molar-refractivity contribution in [2.45, 2.75) is 0 Å². The molecule has 5 heteroatoms. The summed E-state index contributed by atoms with van der Waals surface area (Å²) < 4.78 is 4.55. The van der Waals surface area contributed by atoms with E-state index in [4.69, 9.17) is 10.2 Å². The van der Waals surface area contributed by atoms with Crippen LogP contribution in [0.3, 0.4) is 0 Å². The second kappa shape index (κ2) is 10.5. The molecule has 4 rings (SSSR count). The normalized spacial score (nSPS) is 10.2. The molecule has 0 heterocycles. The van der Waals surface area contributed by atoms with Crippen molar-refractivity contribution >= 4 is 36.7 Å². The molecule has 0 aromatic heterocycles. The Morgan fingerprint density at radius 1 is 0.600 bits per heavy atom. The van der Waals surface area contributed by atoms with Gasteiger partial charge in [0.05, 0.1) is 5.97 Å². The van der Waals surface area contributed by atoms with E-state index in [1.807, 2.05) is 0 Å². The Kier molecular flexibility index (Phi) is 7.53. The number of aromatic hydroxyl groups is 2. The number of carbonyl (C=O) groups excluding carboxylic acids is 1. The first-order valence-corrected chi connectivity index (χ1v) is 13.1. The molecule has 0 spiro atoms. The third kappa shape index (κ3) is 5.43. The zero-order valence-electron chi connectivity index (χ0n) is 16.1. The van der Waals surface area contributed by atoms with Crippen molar-refractivity contribution in [2.75, 3.05) is 0 Å². The quantitative estimate of drug-likeness (QED) is 0.326. The zero-order chi connectivity index (χ0) is 21.3. The van der Waals surface area contributed by atoms with Crippen molar-refractivity contribution in [1.29, 1.82) is 0 Å². The van der Waals surface area contributed by atoms with E-state index in [-0.39, 0.29) is 0 Å². The Bertz CT molecular complexity index is 990. The zero-order valence-corrected chi connectivity index (χ0v) is 18.6. The van der Waals surface area contributed by atoms with Crippen LogP contribution in [-0.4, -0.2) is 36.4 Å². The van der Waals surface area contributed by atoms with Crippen LogP contribution in [0.25, 0.3) is 0 Å². The maximum absolute atomic E-state index is 10.2. The van der Waals surface area contributed by atoms with Crippen LogP contribution >= 0.6 is 0 Å². The van der Waals surface area contributed by atoms with Crippen LogP contribution in [0.4, 0.5) is 0 Å². The van der Waals surface area contributed by atoms with Gasteiger partial charge in [0.2, 0.25) is 0 Å². The monoisotopic (exact) mass is 505 g/mol. The van der Waals surface area contributed by atoms with E-state index in [9.17, 15) is 9.90 Å². The molecule has 0 bridgehead atoms. The maximum atomic E-state index is 10.2. The molecule has 30 heavy (non-hydrogen) atoms. The van der Waals surface area contributed by atoms with E-state index < -0.39 is 43.2 Å². The number of carbonyl (C=O) groups is 1. The van der Waals surface area contributed by atoms with E-state index in [0.717, 1.165) is 6.07 Å². The fourth-order valence-electron chi connectivity index (χ4n) is 2.87. The van der Waals surface area contributed by atoms with Crippen LogP contribution in [0.5, 0.6) is 11.5 Å². The Balaban J connectivity index is 0.000000199. The summed E-state index contributed by atoms with van der Waals surface area (Å²) in [4.78, 5) is 10.2. The molecule has 0 atom stereocenters. The number of hydrogen-bond donors (Lipinski definition) is 2. The van der Waals surface area contributed by atoms with Crippen molar-refractivity contribution in [2.24, 2.45) is 0 Å². The van der Waals surface area contributed by atoms with E-state index in [1.54, 1.807) is 0 Å². The average Bonchev–Trinajstić information content (AvgIpc) is 2.78. The van der Waals surface area contributed by atoms with Gasteiger partial charge in [0.1, 0.15) is 0 Å². The van der Waals surface area contributed by atoms with Gasteiger partial charge in [-0.25, -0.2) is 0 Å². The molecule has 4 nitrogen and oxygen atoms in total. The molecular weight excluding hydrogens is 486 g/mol. The number of benzene rings is 4. The molecule has 0 unspecified atom stereocenters. The molecule has 0 saturated carbocycles. The second-order valence-corrected chi connectivity index (χ2v) is 12.6. The SMILES string of the molecule is O=C([O-])c1cccc(O)c1O.c1cc[c]([Sb+]([c]2ccccc2)[c]2ccccc2)cc1. The van der Waals surface area contributed by atoms with E-state index in [1.165, 1.54) is 22.7 Å². The van der Waals surface area contributed by atoms with Gasteiger partial charge in [-0.1, -0.05) is 6.07 Å².